The zero-order valence-corrected chi connectivity index (χ0v) is 18.5. The molecule has 1 aliphatic rings. The lowest BCUT2D eigenvalue weighted by molar-refractivity contribution is -0.0914. The smallest absolute Gasteiger partial charge is 0.419 e. The van der Waals surface area contributed by atoms with E-state index in [1.54, 1.807) is 0 Å². The molecule has 2 atom stereocenters. The molecule has 0 spiro atoms. The van der Waals surface area contributed by atoms with Gasteiger partial charge in [0.2, 0.25) is 0 Å². The van der Waals surface area contributed by atoms with E-state index in [4.69, 9.17) is 4.74 Å². The molecule has 6 nitrogen and oxygen atoms in total. The summed E-state index contributed by atoms with van der Waals surface area (Å²) in [6.07, 6.45) is -1.98. The Labute approximate surface area is 193 Å². The Morgan fingerprint density at radius 3 is 2.47 bits per heavy atom. The van der Waals surface area contributed by atoms with Gasteiger partial charge in [0.15, 0.2) is 0 Å². The number of halogens is 4. The van der Waals surface area contributed by atoms with Crippen molar-refractivity contribution in [2.75, 3.05) is 0 Å². The number of carbonyl (C=O) groups excluding carboxylic acids is 2. The quantitative estimate of drug-likeness (QED) is 0.422. The SMILES string of the molecule is C=C(/C=C(F)\C=C(/C)C(F)(F)F)[C@H]1OC(=O)N(C(=O)NCc2ccccc2-n2cccc2)[C@H]1C. The van der Waals surface area contributed by atoms with E-state index in [-0.39, 0.29) is 12.1 Å². The Kier molecular flexibility index (Phi) is 7.29. The summed E-state index contributed by atoms with van der Waals surface area (Å²) in [6, 6.07) is 9.51. The molecule has 1 fully saturated rings. The summed E-state index contributed by atoms with van der Waals surface area (Å²) >= 11 is 0. The number of benzene rings is 1. The van der Waals surface area contributed by atoms with Gasteiger partial charge in [0.05, 0.1) is 6.04 Å². The van der Waals surface area contributed by atoms with E-state index in [9.17, 15) is 27.2 Å². The lowest BCUT2D eigenvalue weighted by atomic mass is 10.0. The summed E-state index contributed by atoms with van der Waals surface area (Å²) in [5, 5.41) is 2.67. The second-order valence-corrected chi connectivity index (χ2v) is 7.72. The van der Waals surface area contributed by atoms with Gasteiger partial charge in [0.25, 0.3) is 0 Å². The molecule has 0 aliphatic carbocycles. The molecule has 0 bridgehead atoms. The van der Waals surface area contributed by atoms with Gasteiger partial charge in [-0.25, -0.2) is 18.9 Å². The maximum Gasteiger partial charge on any atom is 0.419 e. The third-order valence-electron chi connectivity index (χ3n) is 5.28. The number of nitrogens with one attached hydrogen (secondary N) is 1. The summed E-state index contributed by atoms with van der Waals surface area (Å²) in [4.78, 5) is 25.9. The highest BCUT2D eigenvalue weighted by molar-refractivity contribution is 5.93. The molecule has 1 aromatic heterocycles. The topological polar surface area (TPSA) is 63.6 Å². The Bertz CT molecular complexity index is 1140. The number of ether oxygens (including phenoxy) is 1. The van der Waals surface area contributed by atoms with Crippen LogP contribution in [0.2, 0.25) is 0 Å². The fourth-order valence-electron chi connectivity index (χ4n) is 3.47. The number of urea groups is 1. The van der Waals surface area contributed by atoms with Crippen molar-refractivity contribution in [3.05, 3.63) is 90.1 Å². The fourth-order valence-corrected chi connectivity index (χ4v) is 3.47. The number of alkyl halides is 3. The number of amides is 3. The third-order valence-corrected chi connectivity index (χ3v) is 5.28. The predicted octanol–water partition coefficient (Wildman–Crippen LogP) is 5.81. The van der Waals surface area contributed by atoms with Crippen LogP contribution in [0, 0.1) is 0 Å². The van der Waals surface area contributed by atoms with E-state index < -0.39 is 41.8 Å². The van der Waals surface area contributed by atoms with Crippen LogP contribution in [-0.4, -0.2) is 39.9 Å². The number of hydrogen-bond donors (Lipinski definition) is 1. The van der Waals surface area contributed by atoms with Gasteiger partial charge in [-0.05, 0) is 55.3 Å². The summed E-state index contributed by atoms with van der Waals surface area (Å²) in [5.74, 6) is -1.20. The number of para-hydroxylation sites is 1. The Hall–Kier alpha value is -3.82. The number of imide groups is 1. The Balaban J connectivity index is 1.68. The minimum Gasteiger partial charge on any atom is -0.439 e. The van der Waals surface area contributed by atoms with Crippen LogP contribution in [0.15, 0.2) is 84.5 Å². The zero-order valence-electron chi connectivity index (χ0n) is 18.5. The van der Waals surface area contributed by atoms with Gasteiger partial charge < -0.3 is 14.6 Å². The molecule has 34 heavy (non-hydrogen) atoms. The van der Waals surface area contributed by atoms with Gasteiger partial charge in [-0.2, -0.15) is 13.2 Å². The maximum absolute atomic E-state index is 14.0. The van der Waals surface area contributed by atoms with E-state index in [1.165, 1.54) is 6.92 Å². The summed E-state index contributed by atoms with van der Waals surface area (Å²) in [7, 11) is 0. The number of cyclic esters (lactones) is 1. The molecule has 180 valence electrons. The molecule has 0 radical (unpaired) electrons. The summed E-state index contributed by atoms with van der Waals surface area (Å²) in [5.41, 5.74) is 0.425. The number of nitrogens with zero attached hydrogens (tertiary/aromatic N) is 2. The van der Waals surface area contributed by atoms with Crippen LogP contribution >= 0.6 is 0 Å². The minimum absolute atomic E-state index is 0.0853. The normalized spacial score (nSPS) is 19.2. The average molecular weight is 477 g/mol. The van der Waals surface area contributed by atoms with Gasteiger partial charge in [-0.3, -0.25) is 0 Å². The van der Waals surface area contributed by atoms with Crippen LogP contribution in [0.4, 0.5) is 27.2 Å². The van der Waals surface area contributed by atoms with E-state index in [0.717, 1.165) is 29.2 Å². The molecule has 10 heteroatoms. The first kappa shape index (κ1) is 24.8. The van der Waals surface area contributed by atoms with Crippen molar-refractivity contribution in [1.29, 1.82) is 0 Å². The number of aromatic nitrogens is 1. The van der Waals surface area contributed by atoms with Gasteiger partial charge >= 0.3 is 18.3 Å². The van der Waals surface area contributed by atoms with Crippen molar-refractivity contribution >= 4 is 12.1 Å². The highest BCUT2D eigenvalue weighted by atomic mass is 19.4. The van der Waals surface area contributed by atoms with E-state index in [1.807, 2.05) is 53.4 Å². The van der Waals surface area contributed by atoms with Gasteiger partial charge in [0, 0.05) is 30.2 Å². The Morgan fingerprint density at radius 2 is 1.82 bits per heavy atom. The molecule has 2 heterocycles. The molecule has 0 saturated carbocycles. The maximum atomic E-state index is 14.0. The minimum atomic E-state index is -4.67. The fraction of sp³-hybridized carbons (Fsp3) is 0.250. The lowest BCUT2D eigenvalue weighted by Crippen LogP contribution is -2.45. The number of hydrogen-bond acceptors (Lipinski definition) is 3. The molecule has 1 N–H and O–H groups in total. The van der Waals surface area contributed by atoms with Crippen LogP contribution in [0.3, 0.4) is 0 Å². The average Bonchev–Trinajstić information content (AvgIpc) is 3.39. The second kappa shape index (κ2) is 9.98. The van der Waals surface area contributed by atoms with Gasteiger partial charge in [0.1, 0.15) is 11.9 Å². The second-order valence-electron chi connectivity index (χ2n) is 7.72. The largest absolute Gasteiger partial charge is 0.439 e. The number of carbonyl (C=O) groups is 2. The molecule has 1 aliphatic heterocycles. The van der Waals surface area contributed by atoms with Crippen molar-refractivity contribution < 1.29 is 31.9 Å². The third kappa shape index (κ3) is 5.56. The van der Waals surface area contributed by atoms with Crippen molar-refractivity contribution in [2.45, 2.75) is 38.7 Å². The zero-order chi connectivity index (χ0) is 25.0. The number of rotatable bonds is 6. The molecule has 1 aromatic carbocycles. The van der Waals surface area contributed by atoms with Crippen LogP contribution < -0.4 is 5.32 Å². The first-order valence-electron chi connectivity index (χ1n) is 10.3. The standard InChI is InChI=1S/C24H23F4N3O3/c1-15(12-19(25)13-16(2)24(26,27)28)21-17(3)31(23(33)34-21)22(32)29-14-18-8-4-5-9-20(18)30-10-6-7-11-30/h4-13,17,21H,1,14H2,2-3H3,(H,29,32)/b16-13+,19-12+/t17-,21+/m0/s1. The Morgan fingerprint density at radius 1 is 1.18 bits per heavy atom. The summed E-state index contributed by atoms with van der Waals surface area (Å²) < 4.78 is 58.8. The molecular weight excluding hydrogens is 454 g/mol. The van der Waals surface area contributed by atoms with E-state index in [2.05, 4.69) is 11.9 Å². The van der Waals surface area contributed by atoms with E-state index >= 15 is 0 Å². The van der Waals surface area contributed by atoms with Crippen molar-refractivity contribution in [3.63, 3.8) is 0 Å². The lowest BCUT2D eigenvalue weighted by Gasteiger charge is -2.20. The highest BCUT2D eigenvalue weighted by Gasteiger charge is 2.43. The molecule has 1 saturated heterocycles. The molecule has 2 aromatic rings. The van der Waals surface area contributed by atoms with Crippen LogP contribution in [0.25, 0.3) is 5.69 Å². The molecular formula is C24H23F4N3O3. The highest BCUT2D eigenvalue weighted by Crippen LogP contribution is 2.29. The molecule has 0 unspecified atom stereocenters. The van der Waals surface area contributed by atoms with Crippen molar-refractivity contribution in [1.82, 2.24) is 14.8 Å². The van der Waals surface area contributed by atoms with Crippen LogP contribution in [0.1, 0.15) is 19.4 Å². The number of allylic oxidation sites excluding steroid dienone is 3. The van der Waals surface area contributed by atoms with Gasteiger partial charge in [-0.15, -0.1) is 0 Å². The van der Waals surface area contributed by atoms with Crippen molar-refractivity contribution in [3.8, 4) is 5.69 Å². The predicted molar refractivity (Wildman–Crippen MR) is 118 cm³/mol. The van der Waals surface area contributed by atoms with E-state index in [0.29, 0.717) is 6.08 Å². The monoisotopic (exact) mass is 477 g/mol. The molecule has 3 amide bonds. The van der Waals surface area contributed by atoms with Gasteiger partial charge in [-0.1, -0.05) is 24.8 Å². The molecule has 3 rings (SSSR count). The first-order valence-corrected chi connectivity index (χ1v) is 10.3. The first-order chi connectivity index (χ1) is 16.0. The van der Waals surface area contributed by atoms with Crippen LogP contribution in [0.5, 0.6) is 0 Å². The summed E-state index contributed by atoms with van der Waals surface area (Å²) in [6.45, 7) is 5.94. The van der Waals surface area contributed by atoms with Crippen molar-refractivity contribution in [2.24, 2.45) is 0 Å². The van der Waals surface area contributed by atoms with Crippen LogP contribution in [-0.2, 0) is 11.3 Å².